The van der Waals surface area contributed by atoms with E-state index in [1.54, 1.807) is 25.6 Å². The number of nitrogens with one attached hydrogen (secondary N) is 2. The minimum atomic E-state index is -0.196. The molecular formula is C18H23N3O2. The van der Waals surface area contributed by atoms with Crippen molar-refractivity contribution < 1.29 is 9.53 Å². The maximum absolute atomic E-state index is 12.3. The van der Waals surface area contributed by atoms with Gasteiger partial charge in [0.15, 0.2) is 0 Å². The molecule has 1 heterocycles. The Morgan fingerprint density at radius 1 is 1.22 bits per heavy atom. The molecule has 1 aromatic carbocycles. The predicted molar refractivity (Wildman–Crippen MR) is 93.1 cm³/mol. The Balaban J connectivity index is 2.01. The molecular weight excluding hydrogens is 290 g/mol. The van der Waals surface area contributed by atoms with Gasteiger partial charge in [0.1, 0.15) is 5.75 Å². The summed E-state index contributed by atoms with van der Waals surface area (Å²) in [6, 6.07) is 9.06. The largest absolute Gasteiger partial charge is 0.497 e. The van der Waals surface area contributed by atoms with Gasteiger partial charge in [-0.2, -0.15) is 0 Å². The van der Waals surface area contributed by atoms with E-state index in [-0.39, 0.29) is 5.91 Å². The van der Waals surface area contributed by atoms with Crippen LogP contribution in [0.2, 0.25) is 0 Å². The fourth-order valence-electron chi connectivity index (χ4n) is 2.07. The molecule has 0 aliphatic rings. The highest BCUT2D eigenvalue weighted by Crippen LogP contribution is 2.18. The number of hydrogen-bond acceptors (Lipinski definition) is 4. The van der Waals surface area contributed by atoms with E-state index >= 15 is 0 Å². The van der Waals surface area contributed by atoms with Gasteiger partial charge in [-0.15, -0.1) is 0 Å². The minimum Gasteiger partial charge on any atom is -0.497 e. The number of carbonyl (C=O) groups is 1. The van der Waals surface area contributed by atoms with E-state index in [9.17, 15) is 4.79 Å². The average Bonchev–Trinajstić information content (AvgIpc) is 2.55. The zero-order valence-corrected chi connectivity index (χ0v) is 13.8. The molecule has 0 unspecified atom stereocenters. The summed E-state index contributed by atoms with van der Waals surface area (Å²) in [6.45, 7) is 5.22. The number of methoxy groups -OCH3 is 1. The van der Waals surface area contributed by atoms with Crippen molar-refractivity contribution in [3.63, 3.8) is 0 Å². The first-order valence-corrected chi connectivity index (χ1v) is 7.73. The second-order valence-corrected chi connectivity index (χ2v) is 5.76. The Morgan fingerprint density at radius 3 is 2.78 bits per heavy atom. The molecule has 1 aromatic heterocycles. The third-order valence-corrected chi connectivity index (χ3v) is 3.38. The Kier molecular flexibility index (Phi) is 5.97. The SMILES string of the molecule is COc1cccc(NC(=O)c2cncc(NCCC(C)C)c2)c1. The smallest absolute Gasteiger partial charge is 0.257 e. The summed E-state index contributed by atoms with van der Waals surface area (Å²) in [5.74, 6) is 1.14. The van der Waals surface area contributed by atoms with E-state index in [4.69, 9.17) is 4.74 Å². The number of benzene rings is 1. The van der Waals surface area contributed by atoms with E-state index in [2.05, 4.69) is 29.5 Å². The molecule has 0 radical (unpaired) electrons. The molecule has 0 fully saturated rings. The van der Waals surface area contributed by atoms with Crippen LogP contribution in [-0.2, 0) is 0 Å². The van der Waals surface area contributed by atoms with Crippen LogP contribution < -0.4 is 15.4 Å². The highest BCUT2D eigenvalue weighted by molar-refractivity contribution is 6.04. The standard InChI is InChI=1S/C18H23N3O2/c1-13(2)7-8-20-16-9-14(11-19-12-16)18(22)21-15-5-4-6-17(10-15)23-3/h4-6,9-13,20H,7-8H2,1-3H3,(H,21,22). The van der Waals surface area contributed by atoms with Gasteiger partial charge in [0, 0.05) is 30.7 Å². The first-order chi connectivity index (χ1) is 11.1. The summed E-state index contributed by atoms with van der Waals surface area (Å²) in [5.41, 5.74) is 2.05. The normalized spacial score (nSPS) is 10.4. The van der Waals surface area contributed by atoms with Crippen molar-refractivity contribution in [2.24, 2.45) is 5.92 Å². The molecule has 0 aliphatic heterocycles. The van der Waals surface area contributed by atoms with Crippen LogP contribution in [0.3, 0.4) is 0 Å². The van der Waals surface area contributed by atoms with Gasteiger partial charge in [-0.3, -0.25) is 9.78 Å². The Hall–Kier alpha value is -2.56. The summed E-state index contributed by atoms with van der Waals surface area (Å²) >= 11 is 0. The van der Waals surface area contributed by atoms with Crippen molar-refractivity contribution in [3.8, 4) is 5.75 Å². The monoisotopic (exact) mass is 313 g/mol. The fraction of sp³-hybridized carbons (Fsp3) is 0.333. The summed E-state index contributed by atoms with van der Waals surface area (Å²) in [4.78, 5) is 16.5. The van der Waals surface area contributed by atoms with E-state index < -0.39 is 0 Å². The molecule has 2 N–H and O–H groups in total. The van der Waals surface area contributed by atoms with Gasteiger partial charge >= 0.3 is 0 Å². The number of rotatable bonds is 7. The van der Waals surface area contributed by atoms with Gasteiger partial charge < -0.3 is 15.4 Å². The molecule has 0 saturated carbocycles. The Labute approximate surface area is 137 Å². The van der Waals surface area contributed by atoms with E-state index in [0.29, 0.717) is 22.9 Å². The highest BCUT2D eigenvalue weighted by Gasteiger charge is 2.08. The minimum absolute atomic E-state index is 0.196. The third-order valence-electron chi connectivity index (χ3n) is 3.38. The Bertz CT molecular complexity index is 656. The van der Waals surface area contributed by atoms with Crippen molar-refractivity contribution in [1.82, 2.24) is 4.98 Å². The number of carbonyl (C=O) groups excluding carboxylic acids is 1. The molecule has 5 heteroatoms. The summed E-state index contributed by atoms with van der Waals surface area (Å²) in [7, 11) is 1.59. The summed E-state index contributed by atoms with van der Waals surface area (Å²) in [5, 5.41) is 6.14. The van der Waals surface area contributed by atoms with Crippen LogP contribution in [0.5, 0.6) is 5.75 Å². The van der Waals surface area contributed by atoms with Crippen molar-refractivity contribution in [2.75, 3.05) is 24.3 Å². The Morgan fingerprint density at radius 2 is 2.04 bits per heavy atom. The van der Waals surface area contributed by atoms with E-state index in [1.165, 1.54) is 0 Å². The van der Waals surface area contributed by atoms with Gasteiger partial charge in [-0.05, 0) is 30.5 Å². The van der Waals surface area contributed by atoms with Gasteiger partial charge in [0.2, 0.25) is 0 Å². The molecule has 5 nitrogen and oxygen atoms in total. The molecule has 23 heavy (non-hydrogen) atoms. The zero-order chi connectivity index (χ0) is 16.7. The summed E-state index contributed by atoms with van der Waals surface area (Å²) < 4.78 is 5.15. The van der Waals surface area contributed by atoms with E-state index in [0.717, 1.165) is 18.7 Å². The lowest BCUT2D eigenvalue weighted by atomic mass is 10.1. The van der Waals surface area contributed by atoms with Crippen LogP contribution in [0.15, 0.2) is 42.7 Å². The van der Waals surface area contributed by atoms with E-state index in [1.807, 2.05) is 24.3 Å². The lowest BCUT2D eigenvalue weighted by Crippen LogP contribution is -2.13. The van der Waals surface area contributed by atoms with Crippen LogP contribution in [0, 0.1) is 5.92 Å². The lowest BCUT2D eigenvalue weighted by Gasteiger charge is -2.10. The molecule has 0 atom stereocenters. The molecule has 0 aliphatic carbocycles. The maximum Gasteiger partial charge on any atom is 0.257 e. The number of hydrogen-bond donors (Lipinski definition) is 2. The van der Waals surface area contributed by atoms with Crippen molar-refractivity contribution >= 4 is 17.3 Å². The number of aromatic nitrogens is 1. The lowest BCUT2D eigenvalue weighted by molar-refractivity contribution is 0.102. The number of ether oxygens (including phenoxy) is 1. The molecule has 0 saturated heterocycles. The molecule has 122 valence electrons. The number of pyridine rings is 1. The van der Waals surface area contributed by atoms with Crippen molar-refractivity contribution in [1.29, 1.82) is 0 Å². The second kappa shape index (κ2) is 8.17. The molecule has 2 rings (SSSR count). The highest BCUT2D eigenvalue weighted by atomic mass is 16.5. The topological polar surface area (TPSA) is 63.2 Å². The van der Waals surface area contributed by atoms with Crippen molar-refractivity contribution in [3.05, 3.63) is 48.3 Å². The zero-order valence-electron chi connectivity index (χ0n) is 13.8. The quantitative estimate of drug-likeness (QED) is 0.816. The molecule has 2 aromatic rings. The number of nitrogens with zero attached hydrogens (tertiary/aromatic N) is 1. The second-order valence-electron chi connectivity index (χ2n) is 5.76. The van der Waals surface area contributed by atoms with Gasteiger partial charge in [-0.25, -0.2) is 0 Å². The van der Waals surface area contributed by atoms with Crippen LogP contribution >= 0.6 is 0 Å². The van der Waals surface area contributed by atoms with Crippen LogP contribution in [-0.4, -0.2) is 24.5 Å². The van der Waals surface area contributed by atoms with Gasteiger partial charge in [0.25, 0.3) is 5.91 Å². The first kappa shape index (κ1) is 16.8. The third kappa shape index (κ3) is 5.29. The number of amides is 1. The molecule has 0 spiro atoms. The molecule has 0 bridgehead atoms. The van der Waals surface area contributed by atoms with Crippen LogP contribution in [0.25, 0.3) is 0 Å². The molecule has 1 amide bonds. The maximum atomic E-state index is 12.3. The van der Waals surface area contributed by atoms with Gasteiger partial charge in [0.05, 0.1) is 18.4 Å². The van der Waals surface area contributed by atoms with Crippen LogP contribution in [0.1, 0.15) is 30.6 Å². The summed E-state index contributed by atoms with van der Waals surface area (Å²) in [6.07, 6.45) is 4.35. The number of anilines is 2. The van der Waals surface area contributed by atoms with Gasteiger partial charge in [-0.1, -0.05) is 19.9 Å². The fourth-order valence-corrected chi connectivity index (χ4v) is 2.07. The predicted octanol–water partition coefficient (Wildman–Crippen LogP) is 3.80. The van der Waals surface area contributed by atoms with Crippen LogP contribution in [0.4, 0.5) is 11.4 Å². The van der Waals surface area contributed by atoms with Crippen molar-refractivity contribution in [2.45, 2.75) is 20.3 Å². The average molecular weight is 313 g/mol. The first-order valence-electron chi connectivity index (χ1n) is 7.73.